The van der Waals surface area contributed by atoms with Crippen LogP contribution in [-0.2, 0) is 10.2 Å². The van der Waals surface area contributed by atoms with E-state index in [9.17, 15) is 9.59 Å². The first-order chi connectivity index (χ1) is 12.3. The molecule has 0 aliphatic rings. The second-order valence-corrected chi connectivity index (χ2v) is 7.74. The van der Waals surface area contributed by atoms with Crippen LogP contribution >= 0.6 is 0 Å². The molecule has 26 heavy (non-hydrogen) atoms. The molecule has 0 amide bonds. The van der Waals surface area contributed by atoms with E-state index in [2.05, 4.69) is 44.2 Å². The molecule has 1 unspecified atom stereocenters. The van der Waals surface area contributed by atoms with E-state index in [4.69, 9.17) is 5.73 Å². The lowest BCUT2D eigenvalue weighted by Crippen LogP contribution is -2.35. The van der Waals surface area contributed by atoms with Crippen LogP contribution in [0.5, 0.6) is 0 Å². The van der Waals surface area contributed by atoms with Crippen LogP contribution in [0.1, 0.15) is 61.5 Å². The first-order valence-corrected chi connectivity index (χ1v) is 9.10. The zero-order valence-corrected chi connectivity index (χ0v) is 16.1. The van der Waals surface area contributed by atoms with Gasteiger partial charge in [0.25, 0.3) is 0 Å². The van der Waals surface area contributed by atoms with E-state index in [1.165, 1.54) is 5.56 Å². The van der Waals surface area contributed by atoms with E-state index < -0.39 is 5.92 Å². The third-order valence-electron chi connectivity index (χ3n) is 4.92. The van der Waals surface area contributed by atoms with Crippen LogP contribution in [0.2, 0.25) is 0 Å². The summed E-state index contributed by atoms with van der Waals surface area (Å²) in [7, 11) is 0. The van der Waals surface area contributed by atoms with Crippen molar-refractivity contribution in [3.8, 4) is 0 Å². The Morgan fingerprint density at radius 2 is 1.62 bits per heavy atom. The highest BCUT2D eigenvalue weighted by Crippen LogP contribution is 2.30. The van der Waals surface area contributed by atoms with Crippen molar-refractivity contribution < 1.29 is 9.59 Å². The van der Waals surface area contributed by atoms with Crippen LogP contribution in [0.4, 0.5) is 0 Å². The minimum atomic E-state index is -0.799. The number of ketones is 2. The quantitative estimate of drug-likeness (QED) is 0.570. The summed E-state index contributed by atoms with van der Waals surface area (Å²) >= 11 is 0. The van der Waals surface area contributed by atoms with Gasteiger partial charge >= 0.3 is 0 Å². The Balaban J connectivity index is 2.16. The third-order valence-corrected chi connectivity index (χ3v) is 4.92. The van der Waals surface area contributed by atoms with E-state index in [1.807, 2.05) is 13.8 Å². The molecular weight excluding hydrogens is 322 g/mol. The van der Waals surface area contributed by atoms with Gasteiger partial charge in [0.1, 0.15) is 5.78 Å². The average Bonchev–Trinajstić information content (AvgIpc) is 2.62. The number of hydrogen-bond acceptors (Lipinski definition) is 3. The molecule has 137 valence electrons. The molecule has 1 radical (unpaired) electrons. The number of carbonyl (C=O) groups excluding carboxylic acids is 2. The molecule has 2 N–H and O–H groups in total. The molecule has 3 heteroatoms. The lowest BCUT2D eigenvalue weighted by atomic mass is 9.76. The van der Waals surface area contributed by atoms with E-state index in [0.717, 1.165) is 5.56 Å². The van der Waals surface area contributed by atoms with Gasteiger partial charge in [0.15, 0.2) is 5.78 Å². The Kier molecular flexibility index (Phi) is 6.49. The maximum absolute atomic E-state index is 12.8. The Morgan fingerprint density at radius 1 is 1.04 bits per heavy atom. The summed E-state index contributed by atoms with van der Waals surface area (Å²) in [6.07, 6.45) is 0.278. The van der Waals surface area contributed by atoms with Crippen molar-refractivity contribution in [1.29, 1.82) is 0 Å². The number of rotatable bonds is 8. The zero-order valence-electron chi connectivity index (χ0n) is 16.1. The fourth-order valence-electron chi connectivity index (χ4n) is 3.12. The molecule has 0 aliphatic heterocycles. The highest BCUT2D eigenvalue weighted by Gasteiger charge is 2.32. The van der Waals surface area contributed by atoms with Crippen molar-refractivity contribution in [2.24, 2.45) is 11.7 Å². The molecule has 0 aliphatic carbocycles. The molecule has 0 saturated heterocycles. The van der Waals surface area contributed by atoms with Crippen molar-refractivity contribution >= 4 is 11.6 Å². The predicted octanol–water partition coefficient (Wildman–Crippen LogP) is 4.30. The van der Waals surface area contributed by atoms with E-state index >= 15 is 0 Å². The SMILES string of the molecule is CC(C)c1ccc(C(C)(C)CC(=O)C(CN)C(=O)c2cc[c]cc2)cc1. The van der Waals surface area contributed by atoms with Gasteiger partial charge in [-0.3, -0.25) is 9.59 Å². The summed E-state index contributed by atoms with van der Waals surface area (Å²) in [6, 6.07) is 17.9. The highest BCUT2D eigenvalue weighted by molar-refractivity contribution is 6.11. The Hall–Kier alpha value is -2.26. The second kappa shape index (κ2) is 8.41. The normalized spacial score (nSPS) is 12.8. The Labute approximate surface area is 156 Å². The second-order valence-electron chi connectivity index (χ2n) is 7.74. The van der Waals surface area contributed by atoms with Gasteiger partial charge in [-0.25, -0.2) is 0 Å². The van der Waals surface area contributed by atoms with Crippen LogP contribution in [0.15, 0.2) is 48.5 Å². The third kappa shape index (κ3) is 4.67. The van der Waals surface area contributed by atoms with Crippen LogP contribution in [0.25, 0.3) is 0 Å². The van der Waals surface area contributed by atoms with Crippen molar-refractivity contribution in [2.45, 2.75) is 45.4 Å². The maximum Gasteiger partial charge on any atom is 0.174 e. The number of Topliss-reactive ketones (excluding diaryl/α,β-unsaturated/α-hetero) is 2. The predicted molar refractivity (Wildman–Crippen MR) is 105 cm³/mol. The molecule has 0 spiro atoms. The molecule has 3 nitrogen and oxygen atoms in total. The van der Waals surface area contributed by atoms with Gasteiger partial charge in [-0.05, 0) is 28.5 Å². The first-order valence-electron chi connectivity index (χ1n) is 9.10. The number of hydrogen-bond donors (Lipinski definition) is 1. The molecule has 0 saturated carbocycles. The van der Waals surface area contributed by atoms with Crippen LogP contribution < -0.4 is 5.73 Å². The number of carbonyl (C=O) groups is 2. The van der Waals surface area contributed by atoms with Crippen LogP contribution in [0, 0.1) is 12.0 Å². The van der Waals surface area contributed by atoms with E-state index in [1.54, 1.807) is 24.3 Å². The van der Waals surface area contributed by atoms with Crippen LogP contribution in [-0.4, -0.2) is 18.1 Å². The van der Waals surface area contributed by atoms with Gasteiger partial charge in [-0.15, -0.1) is 0 Å². The Morgan fingerprint density at radius 3 is 2.12 bits per heavy atom. The largest absolute Gasteiger partial charge is 0.329 e. The summed E-state index contributed by atoms with van der Waals surface area (Å²) in [5.41, 5.74) is 8.28. The summed E-state index contributed by atoms with van der Waals surface area (Å²) in [4.78, 5) is 25.5. The fraction of sp³-hybridized carbons (Fsp3) is 0.391. The van der Waals surface area contributed by atoms with Crippen molar-refractivity contribution in [3.05, 3.63) is 71.3 Å². The van der Waals surface area contributed by atoms with Gasteiger partial charge in [0.2, 0.25) is 0 Å². The van der Waals surface area contributed by atoms with E-state index in [0.29, 0.717) is 11.5 Å². The highest BCUT2D eigenvalue weighted by atomic mass is 16.2. The van der Waals surface area contributed by atoms with Gasteiger partial charge in [-0.1, -0.05) is 76.2 Å². The van der Waals surface area contributed by atoms with Gasteiger partial charge in [-0.2, -0.15) is 0 Å². The molecule has 0 fully saturated rings. The monoisotopic (exact) mass is 350 g/mol. The van der Waals surface area contributed by atoms with Crippen molar-refractivity contribution in [3.63, 3.8) is 0 Å². The van der Waals surface area contributed by atoms with Gasteiger partial charge < -0.3 is 5.73 Å². The molecule has 1 atom stereocenters. The summed E-state index contributed by atoms with van der Waals surface area (Å²) < 4.78 is 0. The standard InChI is InChI=1S/C23H28NO2/c1-16(2)17-10-12-19(13-11-17)23(3,4)14-21(25)20(15-24)22(26)18-8-6-5-7-9-18/h6-13,16,20H,14-15,24H2,1-4H3. The van der Waals surface area contributed by atoms with Gasteiger partial charge in [0, 0.05) is 18.5 Å². The van der Waals surface area contributed by atoms with Crippen LogP contribution in [0.3, 0.4) is 0 Å². The summed E-state index contributed by atoms with van der Waals surface area (Å²) in [5, 5.41) is 0. The molecular formula is C23H28NO2. The lowest BCUT2D eigenvalue weighted by molar-refractivity contribution is -0.122. The van der Waals surface area contributed by atoms with E-state index in [-0.39, 0.29) is 29.9 Å². The van der Waals surface area contributed by atoms with Crippen molar-refractivity contribution in [2.75, 3.05) is 6.54 Å². The number of benzene rings is 2. The van der Waals surface area contributed by atoms with Gasteiger partial charge in [0.05, 0.1) is 5.92 Å². The molecule has 2 aromatic carbocycles. The summed E-state index contributed by atoms with van der Waals surface area (Å²) in [6.45, 7) is 8.40. The molecule has 2 aromatic rings. The fourth-order valence-corrected chi connectivity index (χ4v) is 3.12. The maximum atomic E-state index is 12.8. The topological polar surface area (TPSA) is 60.2 Å². The molecule has 0 aromatic heterocycles. The van der Waals surface area contributed by atoms with Crippen molar-refractivity contribution in [1.82, 2.24) is 0 Å². The summed E-state index contributed by atoms with van der Waals surface area (Å²) in [5.74, 6) is -0.650. The first kappa shape index (κ1) is 20.1. The minimum Gasteiger partial charge on any atom is -0.329 e. The molecule has 2 rings (SSSR count). The zero-order chi connectivity index (χ0) is 19.3. The lowest BCUT2D eigenvalue weighted by Gasteiger charge is -2.27. The molecule has 0 heterocycles. The smallest absolute Gasteiger partial charge is 0.174 e. The Bertz CT molecular complexity index is 746. The molecule has 0 bridgehead atoms. The minimum absolute atomic E-state index is 0.0264. The average molecular weight is 350 g/mol. The number of nitrogens with two attached hydrogens (primary N) is 1.